The zero-order valence-electron chi connectivity index (χ0n) is 17.8. The Morgan fingerprint density at radius 3 is 2.38 bits per heavy atom. The number of hydrogen-bond acceptors (Lipinski definition) is 7. The maximum Gasteiger partial charge on any atom is 0.411 e. The molecule has 3 rings (SSSR count). The van der Waals surface area contributed by atoms with Gasteiger partial charge in [-0.3, -0.25) is 14.9 Å². The number of ether oxygens (including phenoxy) is 2. The van der Waals surface area contributed by atoms with Crippen molar-refractivity contribution in [2.45, 2.75) is 19.0 Å². The summed E-state index contributed by atoms with van der Waals surface area (Å²) in [5.74, 6) is -0.600. The van der Waals surface area contributed by atoms with E-state index < -0.39 is 23.7 Å². The minimum absolute atomic E-state index is 0.326. The zero-order chi connectivity index (χ0) is 23.1. The maximum atomic E-state index is 13.0. The summed E-state index contributed by atoms with van der Waals surface area (Å²) >= 11 is 0. The molecule has 3 aromatic rings. The number of methoxy groups -OCH3 is 2. The fraction of sp³-hybridized carbons (Fsp3) is 0.217. The monoisotopic (exact) mass is 436 g/mol. The number of nitrogens with one attached hydrogen (secondary N) is 1. The van der Waals surface area contributed by atoms with Crippen LogP contribution in [0, 0.1) is 0 Å². The van der Waals surface area contributed by atoms with Crippen molar-refractivity contribution in [1.29, 1.82) is 0 Å². The van der Waals surface area contributed by atoms with E-state index in [2.05, 4.69) is 15.2 Å². The molecular formula is C23H24N4O5. The number of anilines is 1. The van der Waals surface area contributed by atoms with Gasteiger partial charge in [0.2, 0.25) is 0 Å². The zero-order valence-corrected chi connectivity index (χ0v) is 17.8. The number of amides is 1. The van der Waals surface area contributed by atoms with Crippen molar-refractivity contribution in [2.75, 3.05) is 19.5 Å². The van der Waals surface area contributed by atoms with Crippen LogP contribution in [0.3, 0.4) is 0 Å². The predicted molar refractivity (Wildman–Crippen MR) is 119 cm³/mol. The third-order valence-corrected chi connectivity index (χ3v) is 4.81. The van der Waals surface area contributed by atoms with Crippen molar-refractivity contribution in [3.8, 4) is 11.1 Å². The molecule has 0 fully saturated rings. The first-order valence-electron chi connectivity index (χ1n) is 9.85. The van der Waals surface area contributed by atoms with Crippen molar-refractivity contribution < 1.29 is 19.1 Å². The van der Waals surface area contributed by atoms with E-state index in [9.17, 15) is 14.4 Å². The summed E-state index contributed by atoms with van der Waals surface area (Å²) in [6.07, 6.45) is -0.0950. The topological polar surface area (TPSA) is 126 Å². The van der Waals surface area contributed by atoms with E-state index in [1.54, 1.807) is 30.3 Å². The molecule has 0 spiro atoms. The molecule has 3 N–H and O–H groups in total. The van der Waals surface area contributed by atoms with Gasteiger partial charge in [-0.2, -0.15) is 5.10 Å². The fourth-order valence-electron chi connectivity index (χ4n) is 3.12. The van der Waals surface area contributed by atoms with Gasteiger partial charge < -0.3 is 15.2 Å². The lowest BCUT2D eigenvalue weighted by Crippen LogP contribution is -2.31. The van der Waals surface area contributed by atoms with Gasteiger partial charge in [0.15, 0.2) is 0 Å². The number of benzene rings is 2. The lowest BCUT2D eigenvalue weighted by molar-refractivity contribution is -0.141. The van der Waals surface area contributed by atoms with Crippen LogP contribution in [0.2, 0.25) is 0 Å². The summed E-state index contributed by atoms with van der Waals surface area (Å²) < 4.78 is 10.3. The smallest absolute Gasteiger partial charge is 0.411 e. The minimum Gasteiger partial charge on any atom is -0.468 e. The molecule has 9 heteroatoms. The van der Waals surface area contributed by atoms with Gasteiger partial charge in [-0.05, 0) is 35.7 Å². The second kappa shape index (κ2) is 10.4. The summed E-state index contributed by atoms with van der Waals surface area (Å²) in [6, 6.07) is 17.4. The SMILES string of the molecule is COC(=O)Cn1nc(C(N)Cc2ccccc2)cc(-c2ccc(NC(=O)OC)cc2)c1=O. The molecule has 1 unspecified atom stereocenters. The molecule has 0 saturated heterocycles. The van der Waals surface area contributed by atoms with Crippen LogP contribution in [0.1, 0.15) is 17.3 Å². The van der Waals surface area contributed by atoms with Gasteiger partial charge in [0.05, 0.1) is 31.5 Å². The van der Waals surface area contributed by atoms with Gasteiger partial charge >= 0.3 is 12.1 Å². The first-order valence-corrected chi connectivity index (χ1v) is 9.85. The number of rotatable bonds is 7. The molecule has 9 nitrogen and oxygen atoms in total. The first kappa shape index (κ1) is 22.7. The second-order valence-electron chi connectivity index (χ2n) is 7.01. The largest absolute Gasteiger partial charge is 0.468 e. The van der Waals surface area contributed by atoms with Gasteiger partial charge in [0.25, 0.3) is 5.56 Å². The third kappa shape index (κ3) is 5.58. The number of aromatic nitrogens is 2. The maximum absolute atomic E-state index is 13.0. The van der Waals surface area contributed by atoms with Crippen LogP contribution in [0.15, 0.2) is 65.5 Å². The highest BCUT2D eigenvalue weighted by atomic mass is 16.5. The van der Waals surface area contributed by atoms with Crippen molar-refractivity contribution in [3.63, 3.8) is 0 Å². The highest BCUT2D eigenvalue weighted by Crippen LogP contribution is 2.22. The Balaban J connectivity index is 1.99. The Hall–Kier alpha value is -3.98. The highest BCUT2D eigenvalue weighted by Gasteiger charge is 2.17. The molecule has 1 heterocycles. The van der Waals surface area contributed by atoms with Gasteiger partial charge in [-0.15, -0.1) is 0 Å². The van der Waals surface area contributed by atoms with Crippen molar-refractivity contribution in [1.82, 2.24) is 9.78 Å². The van der Waals surface area contributed by atoms with E-state index >= 15 is 0 Å². The molecule has 0 aliphatic heterocycles. The molecule has 32 heavy (non-hydrogen) atoms. The Kier molecular flexibility index (Phi) is 7.35. The van der Waals surface area contributed by atoms with Gasteiger partial charge in [0, 0.05) is 5.69 Å². The van der Waals surface area contributed by atoms with Crippen LogP contribution >= 0.6 is 0 Å². The summed E-state index contributed by atoms with van der Waals surface area (Å²) in [7, 11) is 2.51. The summed E-state index contributed by atoms with van der Waals surface area (Å²) in [4.78, 5) is 36.2. The molecule has 0 aliphatic carbocycles. The number of esters is 1. The number of carbonyl (C=O) groups excluding carboxylic acids is 2. The molecule has 0 radical (unpaired) electrons. The average Bonchev–Trinajstić information content (AvgIpc) is 2.81. The van der Waals surface area contributed by atoms with Gasteiger partial charge in [-0.25, -0.2) is 9.48 Å². The molecule has 2 aromatic carbocycles. The number of hydrogen-bond donors (Lipinski definition) is 2. The van der Waals surface area contributed by atoms with E-state index in [1.807, 2.05) is 30.3 Å². The summed E-state index contributed by atoms with van der Waals surface area (Å²) in [5, 5.41) is 6.86. The molecule has 0 bridgehead atoms. The molecule has 0 aliphatic rings. The van der Waals surface area contributed by atoms with Crippen LogP contribution in [0.4, 0.5) is 10.5 Å². The summed E-state index contributed by atoms with van der Waals surface area (Å²) in [5.41, 5.74) is 8.83. The van der Waals surface area contributed by atoms with Crippen molar-refractivity contribution in [2.24, 2.45) is 5.73 Å². The third-order valence-electron chi connectivity index (χ3n) is 4.81. The minimum atomic E-state index is -0.601. The normalized spacial score (nSPS) is 11.5. The standard InChI is InChI=1S/C23H24N4O5/c1-31-21(28)14-27-22(29)18(16-8-10-17(11-9-16)25-23(30)32-2)13-20(26-27)19(24)12-15-6-4-3-5-7-15/h3-11,13,19H,12,14,24H2,1-2H3,(H,25,30). The predicted octanol–water partition coefficient (Wildman–Crippen LogP) is 2.50. The lowest BCUT2D eigenvalue weighted by atomic mass is 10.0. The van der Waals surface area contributed by atoms with Crippen molar-refractivity contribution >= 4 is 17.7 Å². The Morgan fingerprint density at radius 1 is 1.06 bits per heavy atom. The Morgan fingerprint density at radius 2 is 1.75 bits per heavy atom. The lowest BCUT2D eigenvalue weighted by Gasteiger charge is -2.15. The molecular weight excluding hydrogens is 412 g/mol. The number of nitrogens with zero attached hydrogens (tertiary/aromatic N) is 2. The van der Waals surface area contributed by atoms with Crippen LogP contribution in [0.25, 0.3) is 11.1 Å². The van der Waals surface area contributed by atoms with Gasteiger partial charge in [0.1, 0.15) is 6.54 Å². The molecule has 1 aromatic heterocycles. The number of carbonyl (C=O) groups is 2. The average molecular weight is 436 g/mol. The Labute approximate surface area is 184 Å². The van der Waals surface area contributed by atoms with E-state index in [1.165, 1.54) is 14.2 Å². The van der Waals surface area contributed by atoms with E-state index in [0.717, 1.165) is 10.2 Å². The number of nitrogens with two attached hydrogens (primary N) is 1. The molecule has 166 valence electrons. The van der Waals surface area contributed by atoms with Crippen LogP contribution < -0.4 is 16.6 Å². The Bertz CT molecular complexity index is 1140. The molecule has 0 saturated carbocycles. The van der Waals surface area contributed by atoms with Crippen LogP contribution in [-0.2, 0) is 27.2 Å². The second-order valence-corrected chi connectivity index (χ2v) is 7.01. The van der Waals surface area contributed by atoms with Gasteiger partial charge in [-0.1, -0.05) is 42.5 Å². The first-order chi connectivity index (χ1) is 15.4. The van der Waals surface area contributed by atoms with Crippen LogP contribution in [-0.4, -0.2) is 36.1 Å². The fourth-order valence-corrected chi connectivity index (χ4v) is 3.12. The van der Waals surface area contributed by atoms with Crippen LogP contribution in [0.5, 0.6) is 0 Å². The van der Waals surface area contributed by atoms with E-state index in [-0.39, 0.29) is 6.54 Å². The quantitative estimate of drug-likeness (QED) is 0.545. The van der Waals surface area contributed by atoms with E-state index in [4.69, 9.17) is 10.5 Å². The van der Waals surface area contributed by atoms with Crippen molar-refractivity contribution in [3.05, 3.63) is 82.3 Å². The highest BCUT2D eigenvalue weighted by molar-refractivity contribution is 5.85. The molecule has 1 amide bonds. The molecule has 1 atom stereocenters. The summed E-state index contributed by atoms with van der Waals surface area (Å²) in [6.45, 7) is -0.337. The van der Waals surface area contributed by atoms with E-state index in [0.29, 0.717) is 28.9 Å².